The summed E-state index contributed by atoms with van der Waals surface area (Å²) in [5, 5.41) is 9.34. The molecule has 0 aliphatic heterocycles. The van der Waals surface area contributed by atoms with E-state index in [1.807, 2.05) is 4.98 Å². The van der Waals surface area contributed by atoms with Gasteiger partial charge in [0.2, 0.25) is 0 Å². The molecule has 8 heteroatoms. The number of nitrogens with zero attached hydrogens (tertiary/aromatic N) is 1. The number of halogens is 3. The summed E-state index contributed by atoms with van der Waals surface area (Å²) in [6, 6.07) is 0. The van der Waals surface area contributed by atoms with Crippen LogP contribution in [0.5, 0.6) is 0 Å². The van der Waals surface area contributed by atoms with Gasteiger partial charge in [0.25, 0.3) is 11.9 Å². The summed E-state index contributed by atoms with van der Waals surface area (Å²) in [6.45, 7) is 0. The molecule has 0 radical (unpaired) electrons. The number of hydrogen-bond donors (Lipinski definition) is 1. The molecule has 1 rings (SSSR count). The zero-order valence-corrected chi connectivity index (χ0v) is 7.22. The predicted molar refractivity (Wildman–Crippen MR) is 43.7 cm³/mol. The lowest BCUT2D eigenvalue weighted by Gasteiger charge is -2.01. The molecule has 76 valence electrons. The summed E-state index contributed by atoms with van der Waals surface area (Å²) in [6.07, 6.45) is -2.38. The number of nitro groups is 1. The monoisotopic (exact) mass is 224 g/mol. The summed E-state index contributed by atoms with van der Waals surface area (Å²) in [5.41, 5.74) is -2.90. The van der Waals surface area contributed by atoms with Gasteiger partial charge in [-0.2, -0.15) is 0 Å². The molecule has 0 saturated heterocycles. The number of aromatic amines is 1. The van der Waals surface area contributed by atoms with Crippen LogP contribution in [0.25, 0.3) is 0 Å². The third-order valence-electron chi connectivity index (χ3n) is 1.45. The van der Waals surface area contributed by atoms with Gasteiger partial charge in [0.15, 0.2) is 0 Å². The lowest BCUT2D eigenvalue weighted by Crippen LogP contribution is -2.12. The highest BCUT2D eigenvalue weighted by Crippen LogP contribution is 2.23. The molecular weight excluding hydrogens is 222 g/mol. The summed E-state index contributed by atoms with van der Waals surface area (Å²) in [7, 11) is 0. The largest absolute Gasteiger partial charge is 0.353 e. The van der Waals surface area contributed by atoms with E-state index in [-0.39, 0.29) is 0 Å². The maximum atomic E-state index is 12.1. The van der Waals surface area contributed by atoms with Crippen molar-refractivity contribution in [1.29, 1.82) is 0 Å². The second-order valence-electron chi connectivity index (χ2n) is 2.29. The quantitative estimate of drug-likeness (QED) is 0.615. The standard InChI is InChI=1S/C6H3ClF2N2O3/c7-3-4(6(8)9)10-1-2(5(3)12)11(13)14/h1,6H,(H,10,12). The molecule has 0 aliphatic carbocycles. The summed E-state index contributed by atoms with van der Waals surface area (Å²) >= 11 is 5.21. The Morgan fingerprint density at radius 3 is 2.57 bits per heavy atom. The van der Waals surface area contributed by atoms with E-state index in [1.54, 1.807) is 0 Å². The van der Waals surface area contributed by atoms with Gasteiger partial charge >= 0.3 is 5.69 Å². The second-order valence-corrected chi connectivity index (χ2v) is 2.67. The smallest absolute Gasteiger partial charge is 0.333 e. The Labute approximate surface area is 80.5 Å². The Morgan fingerprint density at radius 1 is 1.57 bits per heavy atom. The van der Waals surface area contributed by atoms with Crippen molar-refractivity contribution in [3.05, 3.63) is 37.3 Å². The summed E-state index contributed by atoms with van der Waals surface area (Å²) < 4.78 is 24.2. The number of pyridine rings is 1. The Kier molecular flexibility index (Phi) is 2.80. The maximum Gasteiger partial charge on any atom is 0.333 e. The normalized spacial score (nSPS) is 10.6. The molecule has 5 nitrogen and oxygen atoms in total. The number of rotatable bonds is 2. The zero-order chi connectivity index (χ0) is 10.9. The Morgan fingerprint density at radius 2 is 2.14 bits per heavy atom. The Balaban J connectivity index is 3.42. The van der Waals surface area contributed by atoms with Crippen LogP contribution in [0.2, 0.25) is 5.02 Å². The first-order chi connectivity index (χ1) is 6.45. The molecule has 0 amide bonds. The molecule has 0 atom stereocenters. The highest BCUT2D eigenvalue weighted by Gasteiger charge is 2.22. The van der Waals surface area contributed by atoms with Crippen molar-refractivity contribution < 1.29 is 13.7 Å². The topological polar surface area (TPSA) is 76.0 Å². The summed E-state index contributed by atoms with van der Waals surface area (Å²) in [4.78, 5) is 22.1. The number of nitrogens with one attached hydrogen (secondary N) is 1. The predicted octanol–water partition coefficient (Wildman–Crippen LogP) is 1.87. The second kappa shape index (κ2) is 3.70. The van der Waals surface area contributed by atoms with Crippen molar-refractivity contribution >= 4 is 17.3 Å². The van der Waals surface area contributed by atoms with E-state index in [2.05, 4.69) is 0 Å². The van der Waals surface area contributed by atoms with Crippen LogP contribution in [0.3, 0.4) is 0 Å². The molecule has 1 aromatic heterocycles. The van der Waals surface area contributed by atoms with Crippen molar-refractivity contribution in [3.8, 4) is 0 Å². The lowest BCUT2D eigenvalue weighted by molar-refractivity contribution is -0.386. The molecular formula is C6H3ClF2N2O3. The molecule has 1 aromatic rings. The van der Waals surface area contributed by atoms with Gasteiger partial charge in [-0.25, -0.2) is 8.78 Å². The summed E-state index contributed by atoms with van der Waals surface area (Å²) in [5.74, 6) is 0. The fraction of sp³-hybridized carbons (Fsp3) is 0.167. The number of H-pyrrole nitrogens is 1. The fourth-order valence-corrected chi connectivity index (χ4v) is 1.04. The molecule has 0 aromatic carbocycles. The van der Waals surface area contributed by atoms with Gasteiger partial charge in [0.1, 0.15) is 10.7 Å². The van der Waals surface area contributed by atoms with E-state index >= 15 is 0 Å². The van der Waals surface area contributed by atoms with Crippen LogP contribution in [0.15, 0.2) is 11.0 Å². The van der Waals surface area contributed by atoms with E-state index in [0.717, 1.165) is 0 Å². The lowest BCUT2D eigenvalue weighted by atomic mass is 10.3. The number of aromatic nitrogens is 1. The average Bonchev–Trinajstić information content (AvgIpc) is 2.08. The minimum Gasteiger partial charge on any atom is -0.353 e. The molecule has 0 aliphatic rings. The van der Waals surface area contributed by atoms with E-state index < -0.39 is 33.2 Å². The van der Waals surface area contributed by atoms with Gasteiger partial charge in [0, 0.05) is 0 Å². The van der Waals surface area contributed by atoms with Gasteiger partial charge < -0.3 is 4.98 Å². The average molecular weight is 225 g/mol. The minimum absolute atomic E-state index is 0.593. The first-order valence-electron chi connectivity index (χ1n) is 3.28. The van der Waals surface area contributed by atoms with Crippen LogP contribution < -0.4 is 5.43 Å². The third kappa shape index (κ3) is 1.72. The van der Waals surface area contributed by atoms with E-state index in [0.29, 0.717) is 6.20 Å². The Hall–Kier alpha value is -1.50. The first kappa shape index (κ1) is 10.6. The SMILES string of the molecule is O=c1c([N+](=O)[O-])c[nH]c(C(F)F)c1Cl. The molecule has 0 unspecified atom stereocenters. The molecule has 1 heterocycles. The van der Waals surface area contributed by atoms with Crippen LogP contribution in [0.4, 0.5) is 14.5 Å². The zero-order valence-electron chi connectivity index (χ0n) is 6.46. The fourth-order valence-electron chi connectivity index (χ4n) is 0.804. The Bertz CT molecular complexity index is 432. The van der Waals surface area contributed by atoms with Gasteiger partial charge in [-0.1, -0.05) is 11.6 Å². The molecule has 1 N–H and O–H groups in total. The number of hydrogen-bond acceptors (Lipinski definition) is 3. The highest BCUT2D eigenvalue weighted by molar-refractivity contribution is 6.31. The van der Waals surface area contributed by atoms with Crippen molar-refractivity contribution in [2.45, 2.75) is 6.43 Å². The maximum absolute atomic E-state index is 12.1. The molecule has 14 heavy (non-hydrogen) atoms. The molecule has 0 spiro atoms. The minimum atomic E-state index is -2.98. The number of alkyl halides is 2. The molecule has 0 fully saturated rings. The van der Waals surface area contributed by atoms with E-state index in [1.165, 1.54) is 0 Å². The van der Waals surface area contributed by atoms with E-state index in [9.17, 15) is 23.7 Å². The third-order valence-corrected chi connectivity index (χ3v) is 1.82. The van der Waals surface area contributed by atoms with Crippen molar-refractivity contribution in [2.75, 3.05) is 0 Å². The van der Waals surface area contributed by atoms with Crippen LogP contribution in [-0.4, -0.2) is 9.91 Å². The van der Waals surface area contributed by atoms with E-state index in [4.69, 9.17) is 11.6 Å². The van der Waals surface area contributed by atoms with Crippen LogP contribution >= 0.6 is 11.6 Å². The van der Waals surface area contributed by atoms with Crippen LogP contribution in [0.1, 0.15) is 12.1 Å². The van der Waals surface area contributed by atoms with Gasteiger partial charge in [-0.05, 0) is 0 Å². The van der Waals surface area contributed by atoms with Crippen molar-refractivity contribution in [2.24, 2.45) is 0 Å². The van der Waals surface area contributed by atoms with Gasteiger partial charge in [-0.15, -0.1) is 0 Å². The molecule has 0 bridgehead atoms. The molecule has 0 saturated carbocycles. The van der Waals surface area contributed by atoms with Gasteiger partial charge in [-0.3, -0.25) is 14.9 Å². The van der Waals surface area contributed by atoms with Crippen LogP contribution in [-0.2, 0) is 0 Å². The van der Waals surface area contributed by atoms with Crippen LogP contribution in [0, 0.1) is 10.1 Å². The highest BCUT2D eigenvalue weighted by atomic mass is 35.5. The van der Waals surface area contributed by atoms with Gasteiger partial charge in [0.05, 0.1) is 11.1 Å². The van der Waals surface area contributed by atoms with Crippen molar-refractivity contribution in [1.82, 2.24) is 4.98 Å². The first-order valence-corrected chi connectivity index (χ1v) is 3.66. The van der Waals surface area contributed by atoms with Crippen molar-refractivity contribution in [3.63, 3.8) is 0 Å².